The molecule has 5 nitrogen and oxygen atoms in total. The van der Waals surface area contributed by atoms with Crippen LogP contribution in [0.3, 0.4) is 0 Å². The van der Waals surface area contributed by atoms with Crippen LogP contribution in [-0.2, 0) is 20.8 Å². The lowest BCUT2D eigenvalue weighted by atomic mass is 9.85. The Morgan fingerprint density at radius 2 is 1.71 bits per heavy atom. The third-order valence-corrected chi connectivity index (χ3v) is 7.39. The number of anilines is 1. The van der Waals surface area contributed by atoms with Gasteiger partial charge in [0, 0.05) is 10.9 Å². The Morgan fingerprint density at radius 1 is 1.06 bits per heavy atom. The van der Waals surface area contributed by atoms with Gasteiger partial charge in [0.25, 0.3) is 0 Å². The number of amides is 3. The van der Waals surface area contributed by atoms with Crippen LogP contribution in [0, 0.1) is 23.7 Å². The molecule has 31 heavy (non-hydrogen) atoms. The van der Waals surface area contributed by atoms with Crippen LogP contribution in [0.1, 0.15) is 12.0 Å². The van der Waals surface area contributed by atoms with Gasteiger partial charge in [-0.05, 0) is 42.0 Å². The molecule has 0 spiro atoms. The monoisotopic (exact) mass is 498 g/mol. The van der Waals surface area contributed by atoms with Crippen molar-refractivity contribution in [2.45, 2.75) is 18.9 Å². The summed E-state index contributed by atoms with van der Waals surface area (Å²) in [6.45, 7) is 0. The first-order valence-electron chi connectivity index (χ1n) is 10.3. The largest absolute Gasteiger partial charge is 0.323 e. The van der Waals surface area contributed by atoms with Crippen molar-refractivity contribution in [3.8, 4) is 0 Å². The number of rotatable bonds is 5. The highest BCUT2D eigenvalue weighted by atomic mass is 79.9. The SMILES string of the molecule is O=C(Nc1ccc(Br)cc1Cl)[C@@H](Cc1ccccc1)N1C(=O)[C@@H]2[C@H](C1=O)[C@H]1C=C[C@@H]2C1. The van der Waals surface area contributed by atoms with E-state index in [0.29, 0.717) is 10.7 Å². The quantitative estimate of drug-likeness (QED) is 0.488. The standard InChI is InChI=1S/C24H20BrClN2O3/c25-16-8-9-18(17(26)12-16)27-22(29)19(10-13-4-2-1-3-5-13)28-23(30)20-14-6-7-15(11-14)21(20)24(28)31/h1-9,12,14-15,19-21H,10-11H2,(H,27,29)/t14-,15+,19-,20+,21-/m1/s1. The lowest BCUT2D eigenvalue weighted by Crippen LogP contribution is -2.49. The summed E-state index contributed by atoms with van der Waals surface area (Å²) in [4.78, 5) is 41.3. The van der Waals surface area contributed by atoms with Gasteiger partial charge < -0.3 is 5.32 Å². The molecular formula is C24H20BrClN2O3. The van der Waals surface area contributed by atoms with E-state index in [1.54, 1.807) is 18.2 Å². The van der Waals surface area contributed by atoms with Gasteiger partial charge in [0.15, 0.2) is 0 Å². The molecule has 1 aliphatic heterocycles. The fraction of sp³-hybridized carbons (Fsp3) is 0.292. The molecule has 1 saturated heterocycles. The number of halogens is 2. The van der Waals surface area contributed by atoms with Gasteiger partial charge in [-0.3, -0.25) is 19.3 Å². The van der Waals surface area contributed by atoms with Crippen molar-refractivity contribution in [2.24, 2.45) is 23.7 Å². The van der Waals surface area contributed by atoms with Gasteiger partial charge in [-0.2, -0.15) is 0 Å². The predicted molar refractivity (Wildman–Crippen MR) is 121 cm³/mol. The maximum Gasteiger partial charge on any atom is 0.248 e. The summed E-state index contributed by atoms with van der Waals surface area (Å²) in [5, 5.41) is 3.20. The number of carbonyl (C=O) groups excluding carboxylic acids is 3. The van der Waals surface area contributed by atoms with Crippen molar-refractivity contribution in [1.82, 2.24) is 4.90 Å². The summed E-state index contributed by atoms with van der Waals surface area (Å²) >= 11 is 9.63. The minimum absolute atomic E-state index is 0.0952. The molecule has 5 rings (SSSR count). The summed E-state index contributed by atoms with van der Waals surface area (Å²) in [6, 6.07) is 13.6. The van der Waals surface area contributed by atoms with E-state index in [0.717, 1.165) is 16.5 Å². The smallest absolute Gasteiger partial charge is 0.248 e. The second-order valence-corrected chi connectivity index (χ2v) is 9.69. The van der Waals surface area contributed by atoms with Crippen molar-refractivity contribution in [3.05, 3.63) is 75.7 Å². The minimum Gasteiger partial charge on any atom is -0.323 e. The van der Waals surface area contributed by atoms with Crippen molar-refractivity contribution >= 4 is 50.9 Å². The summed E-state index contributed by atoms with van der Waals surface area (Å²) < 4.78 is 0.789. The Balaban J connectivity index is 1.47. The molecular weight excluding hydrogens is 480 g/mol. The van der Waals surface area contributed by atoms with Crippen molar-refractivity contribution in [3.63, 3.8) is 0 Å². The molecule has 0 radical (unpaired) electrons. The predicted octanol–water partition coefficient (Wildman–Crippen LogP) is 4.46. The molecule has 158 valence electrons. The van der Waals surface area contributed by atoms with E-state index in [1.165, 1.54) is 4.90 Å². The molecule has 2 aromatic carbocycles. The van der Waals surface area contributed by atoms with Crippen LogP contribution in [0.5, 0.6) is 0 Å². The van der Waals surface area contributed by atoms with Crippen LogP contribution < -0.4 is 5.32 Å². The zero-order chi connectivity index (χ0) is 21.7. The zero-order valence-electron chi connectivity index (χ0n) is 16.5. The molecule has 2 aromatic rings. The van der Waals surface area contributed by atoms with Crippen LogP contribution in [0.4, 0.5) is 5.69 Å². The molecule has 1 N–H and O–H groups in total. The van der Waals surface area contributed by atoms with Gasteiger partial charge >= 0.3 is 0 Å². The Bertz CT molecular complexity index is 1070. The lowest BCUT2D eigenvalue weighted by molar-refractivity contribution is -0.147. The first-order valence-corrected chi connectivity index (χ1v) is 11.5. The average molecular weight is 500 g/mol. The molecule has 2 bridgehead atoms. The highest BCUT2D eigenvalue weighted by Gasteiger charge is 2.61. The average Bonchev–Trinajstić information content (AvgIpc) is 3.43. The minimum atomic E-state index is -0.938. The summed E-state index contributed by atoms with van der Waals surface area (Å²) in [5.74, 6) is -1.38. The van der Waals surface area contributed by atoms with Crippen molar-refractivity contribution < 1.29 is 14.4 Å². The molecule has 2 fully saturated rings. The molecule has 7 heteroatoms. The van der Waals surface area contributed by atoms with Gasteiger partial charge in [0.1, 0.15) is 6.04 Å². The van der Waals surface area contributed by atoms with Crippen molar-refractivity contribution in [1.29, 1.82) is 0 Å². The fourth-order valence-electron chi connectivity index (χ4n) is 5.18. The second kappa shape index (κ2) is 7.92. The molecule has 1 saturated carbocycles. The Kier molecular flexibility index (Phi) is 5.22. The number of hydrogen-bond donors (Lipinski definition) is 1. The van der Waals surface area contributed by atoms with Crippen LogP contribution in [0.2, 0.25) is 5.02 Å². The fourth-order valence-corrected chi connectivity index (χ4v) is 5.90. The maximum absolute atomic E-state index is 13.4. The summed E-state index contributed by atoms with van der Waals surface area (Å²) in [6.07, 6.45) is 5.20. The number of nitrogens with zero attached hydrogens (tertiary/aromatic N) is 1. The number of benzene rings is 2. The number of likely N-dealkylation sites (tertiary alicyclic amines) is 1. The molecule has 5 atom stereocenters. The summed E-state index contributed by atoms with van der Waals surface area (Å²) in [5.41, 5.74) is 1.32. The third-order valence-electron chi connectivity index (χ3n) is 6.58. The molecule has 2 aliphatic carbocycles. The van der Waals surface area contributed by atoms with Crippen molar-refractivity contribution in [2.75, 3.05) is 5.32 Å². The maximum atomic E-state index is 13.4. The molecule has 3 amide bonds. The number of hydrogen-bond acceptors (Lipinski definition) is 3. The van der Waals surface area contributed by atoms with E-state index in [4.69, 9.17) is 11.6 Å². The van der Waals surface area contributed by atoms with Crippen LogP contribution in [0.25, 0.3) is 0 Å². The molecule has 0 unspecified atom stereocenters. The number of fused-ring (bicyclic) bond motifs is 5. The van der Waals surface area contributed by atoms with E-state index < -0.39 is 11.9 Å². The third kappa shape index (κ3) is 3.52. The normalized spacial score (nSPS) is 27.0. The molecule has 3 aliphatic rings. The first-order chi connectivity index (χ1) is 14.9. The topological polar surface area (TPSA) is 66.5 Å². The number of imide groups is 1. The lowest BCUT2D eigenvalue weighted by Gasteiger charge is -2.27. The van der Waals surface area contributed by atoms with E-state index in [9.17, 15) is 14.4 Å². The van der Waals surface area contributed by atoms with Gasteiger partial charge in [-0.25, -0.2) is 0 Å². The number of carbonyl (C=O) groups is 3. The van der Waals surface area contributed by atoms with Crippen LogP contribution in [-0.4, -0.2) is 28.7 Å². The van der Waals surface area contributed by atoms with Gasteiger partial charge in [0.2, 0.25) is 17.7 Å². The highest BCUT2D eigenvalue weighted by molar-refractivity contribution is 9.10. The number of allylic oxidation sites excluding steroid dienone is 2. The molecule has 1 heterocycles. The van der Waals surface area contributed by atoms with Gasteiger partial charge in [-0.15, -0.1) is 0 Å². The highest BCUT2D eigenvalue weighted by Crippen LogP contribution is 2.53. The first kappa shape index (κ1) is 20.5. The van der Waals surface area contributed by atoms with E-state index in [-0.39, 0.29) is 41.9 Å². The van der Waals surface area contributed by atoms with E-state index >= 15 is 0 Å². The molecule has 0 aromatic heterocycles. The van der Waals surface area contributed by atoms with Crippen LogP contribution >= 0.6 is 27.5 Å². The van der Waals surface area contributed by atoms with Gasteiger partial charge in [0.05, 0.1) is 22.5 Å². The zero-order valence-corrected chi connectivity index (χ0v) is 18.8. The Hall–Kier alpha value is -2.44. The Morgan fingerprint density at radius 3 is 2.32 bits per heavy atom. The summed E-state index contributed by atoms with van der Waals surface area (Å²) in [7, 11) is 0. The van der Waals surface area contributed by atoms with Crippen LogP contribution in [0.15, 0.2) is 65.2 Å². The van der Waals surface area contributed by atoms with Gasteiger partial charge in [-0.1, -0.05) is 70.0 Å². The second-order valence-electron chi connectivity index (χ2n) is 8.37. The Labute approximate surface area is 193 Å². The number of nitrogens with one attached hydrogen (secondary N) is 1. The van der Waals surface area contributed by atoms with E-state index in [2.05, 4.69) is 21.2 Å². The van der Waals surface area contributed by atoms with E-state index in [1.807, 2.05) is 42.5 Å².